The molecule has 1 aliphatic rings. The zero-order chi connectivity index (χ0) is 22.3. The SMILES string of the molecule is CCC(CNC[C@H]1CC[C@@H](Nc2nc(N(C)C)c3ccccc3n2)CC1)c1ccccc1. The maximum atomic E-state index is 4.81. The average Bonchev–Trinajstić information content (AvgIpc) is 2.83. The van der Waals surface area contributed by atoms with Crippen molar-refractivity contribution in [2.45, 2.75) is 51.0 Å². The van der Waals surface area contributed by atoms with Gasteiger partial charge in [-0.2, -0.15) is 4.98 Å². The molecule has 2 N–H and O–H groups in total. The van der Waals surface area contributed by atoms with Crippen LogP contribution in [0.3, 0.4) is 0 Å². The van der Waals surface area contributed by atoms with E-state index < -0.39 is 0 Å². The van der Waals surface area contributed by atoms with E-state index in [4.69, 9.17) is 9.97 Å². The van der Waals surface area contributed by atoms with Gasteiger partial charge in [0.2, 0.25) is 5.95 Å². The molecule has 0 amide bonds. The molecule has 1 saturated carbocycles. The number of aromatic nitrogens is 2. The van der Waals surface area contributed by atoms with Crippen LogP contribution in [0.1, 0.15) is 50.5 Å². The molecule has 0 spiro atoms. The Hall–Kier alpha value is -2.66. The van der Waals surface area contributed by atoms with Crippen LogP contribution in [0.4, 0.5) is 11.8 Å². The van der Waals surface area contributed by atoms with Gasteiger partial charge >= 0.3 is 0 Å². The Morgan fingerprint density at radius 1 is 0.938 bits per heavy atom. The first-order valence-corrected chi connectivity index (χ1v) is 12.1. The van der Waals surface area contributed by atoms with Gasteiger partial charge < -0.3 is 15.5 Å². The smallest absolute Gasteiger partial charge is 0.225 e. The van der Waals surface area contributed by atoms with Crippen molar-refractivity contribution < 1.29 is 0 Å². The highest BCUT2D eigenvalue weighted by Gasteiger charge is 2.22. The molecule has 32 heavy (non-hydrogen) atoms. The van der Waals surface area contributed by atoms with Crippen molar-refractivity contribution >= 4 is 22.7 Å². The van der Waals surface area contributed by atoms with Gasteiger partial charge in [0.15, 0.2) is 0 Å². The molecule has 1 aliphatic carbocycles. The molecule has 1 fully saturated rings. The molecular formula is C27H37N5. The zero-order valence-corrected chi connectivity index (χ0v) is 19.7. The Labute approximate surface area is 192 Å². The Morgan fingerprint density at radius 2 is 1.66 bits per heavy atom. The molecule has 2 aromatic carbocycles. The summed E-state index contributed by atoms with van der Waals surface area (Å²) in [6, 6.07) is 19.6. The third-order valence-electron chi connectivity index (χ3n) is 6.77. The molecule has 0 saturated heterocycles. The molecule has 1 atom stereocenters. The van der Waals surface area contributed by atoms with Gasteiger partial charge in [-0.25, -0.2) is 4.98 Å². The first-order chi connectivity index (χ1) is 15.6. The van der Waals surface area contributed by atoms with Crippen molar-refractivity contribution in [2.24, 2.45) is 5.92 Å². The Bertz CT molecular complexity index is 980. The standard InChI is InChI=1S/C27H37N5/c1-4-21(22-10-6-5-7-11-22)19-28-18-20-14-16-23(17-15-20)29-27-30-25-13-9-8-12-24(25)26(31-27)32(2)3/h5-13,20-21,23,28H,4,14-19H2,1-3H3,(H,29,30,31)/t20-,21?,23+. The van der Waals surface area contributed by atoms with Crippen LogP contribution < -0.4 is 15.5 Å². The summed E-state index contributed by atoms with van der Waals surface area (Å²) in [5.74, 6) is 3.09. The van der Waals surface area contributed by atoms with Crippen LogP contribution >= 0.6 is 0 Å². The quantitative estimate of drug-likeness (QED) is 0.472. The molecule has 3 aromatic rings. The first kappa shape index (κ1) is 22.5. The first-order valence-electron chi connectivity index (χ1n) is 12.1. The largest absolute Gasteiger partial charge is 0.362 e. The van der Waals surface area contributed by atoms with Gasteiger partial charge in [0.05, 0.1) is 5.52 Å². The van der Waals surface area contributed by atoms with E-state index in [1.165, 1.54) is 37.7 Å². The van der Waals surface area contributed by atoms with Crippen molar-refractivity contribution in [1.82, 2.24) is 15.3 Å². The summed E-state index contributed by atoms with van der Waals surface area (Å²) in [7, 11) is 4.08. The van der Waals surface area contributed by atoms with Crippen LogP contribution in [-0.4, -0.2) is 43.2 Å². The minimum absolute atomic E-state index is 0.454. The number of nitrogens with one attached hydrogen (secondary N) is 2. The van der Waals surface area contributed by atoms with E-state index in [1.54, 1.807) is 0 Å². The van der Waals surface area contributed by atoms with E-state index in [9.17, 15) is 0 Å². The van der Waals surface area contributed by atoms with Gasteiger partial charge in [-0.05, 0) is 68.2 Å². The number of hydrogen-bond donors (Lipinski definition) is 2. The average molecular weight is 432 g/mol. The Kier molecular flexibility index (Phi) is 7.59. The molecule has 4 rings (SSSR count). The van der Waals surface area contributed by atoms with Crippen LogP contribution in [0.15, 0.2) is 54.6 Å². The van der Waals surface area contributed by atoms with Crippen LogP contribution in [0.25, 0.3) is 10.9 Å². The molecule has 5 nitrogen and oxygen atoms in total. The number of rotatable bonds is 9. The molecule has 1 unspecified atom stereocenters. The second kappa shape index (κ2) is 10.8. The highest BCUT2D eigenvalue weighted by atomic mass is 15.2. The van der Waals surface area contributed by atoms with Gasteiger partial charge in [0.1, 0.15) is 5.82 Å². The summed E-state index contributed by atoms with van der Waals surface area (Å²) < 4.78 is 0. The second-order valence-electron chi connectivity index (χ2n) is 9.32. The Balaban J connectivity index is 1.27. The molecule has 5 heteroatoms. The van der Waals surface area contributed by atoms with Crippen molar-refractivity contribution in [3.8, 4) is 0 Å². The summed E-state index contributed by atoms with van der Waals surface area (Å²) in [6.07, 6.45) is 6.03. The number of nitrogens with zero attached hydrogens (tertiary/aromatic N) is 3. The highest BCUT2D eigenvalue weighted by molar-refractivity contribution is 5.90. The van der Waals surface area contributed by atoms with Crippen LogP contribution in [-0.2, 0) is 0 Å². The lowest BCUT2D eigenvalue weighted by Gasteiger charge is -2.30. The summed E-state index contributed by atoms with van der Waals surface area (Å²) >= 11 is 0. The minimum atomic E-state index is 0.454. The van der Waals surface area contributed by atoms with E-state index in [0.717, 1.165) is 41.7 Å². The third-order valence-corrected chi connectivity index (χ3v) is 6.77. The summed E-state index contributed by atoms with van der Waals surface area (Å²) in [5.41, 5.74) is 2.44. The van der Waals surface area contributed by atoms with Gasteiger partial charge in [-0.3, -0.25) is 0 Å². The van der Waals surface area contributed by atoms with E-state index >= 15 is 0 Å². The van der Waals surface area contributed by atoms with E-state index in [2.05, 4.69) is 64.9 Å². The van der Waals surface area contributed by atoms with Crippen molar-refractivity contribution in [1.29, 1.82) is 0 Å². The molecule has 170 valence electrons. The number of anilines is 2. The zero-order valence-electron chi connectivity index (χ0n) is 19.7. The molecule has 0 bridgehead atoms. The van der Waals surface area contributed by atoms with E-state index in [0.29, 0.717) is 12.0 Å². The van der Waals surface area contributed by atoms with Gasteiger partial charge in [0, 0.05) is 32.1 Å². The summed E-state index contributed by atoms with van der Waals surface area (Å²) in [6.45, 7) is 4.47. The topological polar surface area (TPSA) is 53.1 Å². The minimum Gasteiger partial charge on any atom is -0.362 e. The fourth-order valence-corrected chi connectivity index (χ4v) is 4.84. The monoisotopic (exact) mass is 431 g/mol. The second-order valence-corrected chi connectivity index (χ2v) is 9.32. The van der Waals surface area contributed by atoms with E-state index in [-0.39, 0.29) is 0 Å². The maximum absolute atomic E-state index is 4.81. The van der Waals surface area contributed by atoms with Crippen LogP contribution in [0, 0.1) is 5.92 Å². The molecule has 0 aliphatic heterocycles. The lowest BCUT2D eigenvalue weighted by atomic mass is 9.86. The normalized spacial score (nSPS) is 19.6. The predicted octanol–water partition coefficient (Wildman–Crippen LogP) is 5.45. The van der Waals surface area contributed by atoms with Crippen molar-refractivity contribution in [3.05, 3.63) is 60.2 Å². The number of hydrogen-bond acceptors (Lipinski definition) is 5. The lowest BCUT2D eigenvalue weighted by Crippen LogP contribution is -2.33. The predicted molar refractivity (Wildman–Crippen MR) is 136 cm³/mol. The molecule has 0 radical (unpaired) electrons. The summed E-state index contributed by atoms with van der Waals surface area (Å²) in [4.78, 5) is 11.7. The van der Waals surface area contributed by atoms with Gasteiger partial charge in [-0.1, -0.05) is 49.4 Å². The third kappa shape index (κ3) is 5.57. The van der Waals surface area contributed by atoms with Crippen molar-refractivity contribution in [3.63, 3.8) is 0 Å². The molecule has 1 heterocycles. The molecule has 1 aromatic heterocycles. The summed E-state index contributed by atoms with van der Waals surface area (Å²) in [5, 5.41) is 8.48. The van der Waals surface area contributed by atoms with Crippen molar-refractivity contribution in [2.75, 3.05) is 37.4 Å². The maximum Gasteiger partial charge on any atom is 0.225 e. The molecular weight excluding hydrogens is 394 g/mol. The fraction of sp³-hybridized carbons (Fsp3) is 0.481. The number of para-hydroxylation sites is 1. The van der Waals surface area contributed by atoms with Gasteiger partial charge in [0.25, 0.3) is 0 Å². The lowest BCUT2D eigenvalue weighted by molar-refractivity contribution is 0.321. The highest BCUT2D eigenvalue weighted by Crippen LogP contribution is 2.28. The van der Waals surface area contributed by atoms with Crippen LogP contribution in [0.5, 0.6) is 0 Å². The number of benzene rings is 2. The van der Waals surface area contributed by atoms with E-state index in [1.807, 2.05) is 26.2 Å². The number of fused-ring (bicyclic) bond motifs is 1. The Morgan fingerprint density at radius 3 is 2.38 bits per heavy atom. The van der Waals surface area contributed by atoms with Gasteiger partial charge in [-0.15, -0.1) is 0 Å². The fourth-order valence-electron chi connectivity index (χ4n) is 4.84. The van der Waals surface area contributed by atoms with Crippen LogP contribution in [0.2, 0.25) is 0 Å².